The van der Waals surface area contributed by atoms with Gasteiger partial charge < -0.3 is 4.90 Å². The van der Waals surface area contributed by atoms with Gasteiger partial charge in [0.25, 0.3) is 5.69 Å². The molecule has 0 N–H and O–H groups in total. The number of pyridine rings is 1. The molecule has 0 bridgehead atoms. The maximum atomic E-state index is 10.9. The Morgan fingerprint density at radius 2 is 2.12 bits per heavy atom. The molecular weight excluding hydrogens is 342 g/mol. The number of anilines is 1. The van der Waals surface area contributed by atoms with Crippen LogP contribution in [0.25, 0.3) is 5.65 Å². The van der Waals surface area contributed by atoms with E-state index in [0.717, 1.165) is 43.1 Å². The van der Waals surface area contributed by atoms with E-state index in [1.54, 1.807) is 6.07 Å². The number of hydrogen-bond donors (Lipinski definition) is 0. The number of non-ortho nitro benzene ring substituents is 1. The minimum absolute atomic E-state index is 0.00533. The monoisotopic (exact) mass is 357 g/mol. The van der Waals surface area contributed by atoms with Gasteiger partial charge in [-0.05, 0) is 31.0 Å². The van der Waals surface area contributed by atoms with Crippen LogP contribution in [-0.4, -0.2) is 32.6 Å². The summed E-state index contributed by atoms with van der Waals surface area (Å²) in [7, 11) is 0. The lowest BCUT2D eigenvalue weighted by Crippen LogP contribution is -2.35. The standard InChI is InChI=1S/C17H16ClN5O2/c18-14-10-13(23(24)25)6-7-15(14)21-8-3-4-12(11-21)17-20-19-16-5-1-2-9-22(16)17/h1-2,5-7,9-10,12H,3-4,8,11H2/t12-/m0/s1. The molecule has 4 rings (SSSR count). The van der Waals surface area contributed by atoms with Gasteiger partial charge >= 0.3 is 0 Å². The molecule has 25 heavy (non-hydrogen) atoms. The van der Waals surface area contributed by atoms with E-state index in [1.807, 2.05) is 28.8 Å². The van der Waals surface area contributed by atoms with E-state index in [-0.39, 0.29) is 11.6 Å². The van der Waals surface area contributed by atoms with Gasteiger partial charge in [0, 0.05) is 37.3 Å². The molecule has 3 heterocycles. The van der Waals surface area contributed by atoms with Gasteiger partial charge in [-0.25, -0.2) is 0 Å². The lowest BCUT2D eigenvalue weighted by Gasteiger charge is -2.34. The Hall–Kier alpha value is -2.67. The summed E-state index contributed by atoms with van der Waals surface area (Å²) in [6, 6.07) is 10.5. The first-order chi connectivity index (χ1) is 12.1. The van der Waals surface area contributed by atoms with Gasteiger partial charge in [-0.3, -0.25) is 14.5 Å². The van der Waals surface area contributed by atoms with Crippen molar-refractivity contribution in [3.63, 3.8) is 0 Å². The quantitative estimate of drug-likeness (QED) is 0.528. The number of nitrogens with zero attached hydrogens (tertiary/aromatic N) is 5. The van der Waals surface area contributed by atoms with Gasteiger partial charge in [0.15, 0.2) is 5.65 Å². The summed E-state index contributed by atoms with van der Waals surface area (Å²) < 4.78 is 2.02. The lowest BCUT2D eigenvalue weighted by molar-refractivity contribution is -0.384. The molecule has 128 valence electrons. The molecule has 1 fully saturated rings. The molecule has 0 spiro atoms. The number of rotatable bonds is 3. The van der Waals surface area contributed by atoms with Crippen LogP contribution in [0.15, 0.2) is 42.6 Å². The molecule has 8 heteroatoms. The fourth-order valence-electron chi connectivity index (χ4n) is 3.41. The number of halogens is 1. The Morgan fingerprint density at radius 3 is 2.92 bits per heavy atom. The second-order valence-electron chi connectivity index (χ2n) is 6.17. The van der Waals surface area contributed by atoms with Crippen LogP contribution in [-0.2, 0) is 0 Å². The van der Waals surface area contributed by atoms with E-state index >= 15 is 0 Å². The van der Waals surface area contributed by atoms with Crippen molar-refractivity contribution in [2.24, 2.45) is 0 Å². The highest BCUT2D eigenvalue weighted by molar-refractivity contribution is 6.33. The Kier molecular flexibility index (Phi) is 4.01. The molecule has 2 aromatic heterocycles. The molecule has 1 saturated heterocycles. The Labute approximate surface area is 149 Å². The highest BCUT2D eigenvalue weighted by atomic mass is 35.5. The molecular formula is C17H16ClN5O2. The smallest absolute Gasteiger partial charge is 0.271 e. The Balaban J connectivity index is 1.62. The first-order valence-corrected chi connectivity index (χ1v) is 8.50. The fraction of sp³-hybridized carbons (Fsp3) is 0.294. The second kappa shape index (κ2) is 6.33. The van der Waals surface area contributed by atoms with Gasteiger partial charge in [-0.2, -0.15) is 0 Å². The minimum Gasteiger partial charge on any atom is -0.370 e. The zero-order valence-electron chi connectivity index (χ0n) is 13.4. The van der Waals surface area contributed by atoms with Crippen molar-refractivity contribution in [2.45, 2.75) is 18.8 Å². The van der Waals surface area contributed by atoms with Gasteiger partial charge in [-0.1, -0.05) is 17.7 Å². The maximum absolute atomic E-state index is 10.9. The SMILES string of the molecule is O=[N+]([O-])c1ccc(N2CCC[C@H](c3nnc4ccccn34)C2)c(Cl)c1. The zero-order valence-corrected chi connectivity index (χ0v) is 14.1. The summed E-state index contributed by atoms with van der Waals surface area (Å²) in [4.78, 5) is 12.6. The summed E-state index contributed by atoms with van der Waals surface area (Å²) in [5.74, 6) is 1.18. The average molecular weight is 358 g/mol. The van der Waals surface area contributed by atoms with Crippen LogP contribution in [0.3, 0.4) is 0 Å². The number of hydrogen-bond acceptors (Lipinski definition) is 5. The van der Waals surface area contributed by atoms with Crippen molar-refractivity contribution in [1.82, 2.24) is 14.6 Å². The molecule has 0 radical (unpaired) electrons. The van der Waals surface area contributed by atoms with Crippen molar-refractivity contribution in [1.29, 1.82) is 0 Å². The van der Waals surface area contributed by atoms with E-state index in [4.69, 9.17) is 11.6 Å². The summed E-state index contributed by atoms with van der Waals surface area (Å²) in [5, 5.41) is 19.9. The molecule has 0 amide bonds. The van der Waals surface area contributed by atoms with Gasteiger partial charge in [0.1, 0.15) is 5.82 Å². The number of nitro groups is 1. The van der Waals surface area contributed by atoms with Gasteiger partial charge in [0.2, 0.25) is 0 Å². The lowest BCUT2D eigenvalue weighted by atomic mass is 9.96. The minimum atomic E-state index is -0.434. The normalized spacial score (nSPS) is 17.8. The number of piperidine rings is 1. The van der Waals surface area contributed by atoms with Crippen molar-refractivity contribution in [3.8, 4) is 0 Å². The fourth-order valence-corrected chi connectivity index (χ4v) is 3.71. The number of aromatic nitrogens is 3. The van der Waals surface area contributed by atoms with E-state index < -0.39 is 4.92 Å². The van der Waals surface area contributed by atoms with Crippen LogP contribution in [0.2, 0.25) is 5.02 Å². The molecule has 3 aromatic rings. The molecule has 0 saturated carbocycles. The highest BCUT2D eigenvalue weighted by Gasteiger charge is 2.26. The Bertz CT molecular complexity index is 942. The third kappa shape index (κ3) is 2.91. The van der Waals surface area contributed by atoms with E-state index in [1.165, 1.54) is 12.1 Å². The molecule has 7 nitrogen and oxygen atoms in total. The molecule has 1 atom stereocenters. The van der Waals surface area contributed by atoms with E-state index in [2.05, 4.69) is 15.1 Å². The van der Waals surface area contributed by atoms with Gasteiger partial charge in [-0.15, -0.1) is 10.2 Å². The number of nitro benzene ring substituents is 1. The first-order valence-electron chi connectivity index (χ1n) is 8.12. The predicted octanol–water partition coefficient (Wildman–Crippen LogP) is 3.67. The maximum Gasteiger partial charge on any atom is 0.271 e. The topological polar surface area (TPSA) is 76.6 Å². The highest BCUT2D eigenvalue weighted by Crippen LogP contribution is 2.34. The third-order valence-electron chi connectivity index (χ3n) is 4.61. The van der Waals surface area contributed by atoms with Crippen LogP contribution in [0, 0.1) is 10.1 Å². The largest absolute Gasteiger partial charge is 0.370 e. The van der Waals surface area contributed by atoms with Crippen molar-refractivity contribution >= 4 is 28.6 Å². The zero-order chi connectivity index (χ0) is 17.4. The first kappa shape index (κ1) is 15.8. The molecule has 1 aromatic carbocycles. The number of benzene rings is 1. The molecule has 1 aliphatic heterocycles. The van der Waals surface area contributed by atoms with Crippen LogP contribution in [0.4, 0.5) is 11.4 Å². The van der Waals surface area contributed by atoms with Crippen molar-refractivity contribution in [2.75, 3.05) is 18.0 Å². The number of fused-ring (bicyclic) bond motifs is 1. The van der Waals surface area contributed by atoms with Crippen LogP contribution in [0.1, 0.15) is 24.6 Å². The van der Waals surface area contributed by atoms with Crippen molar-refractivity contribution < 1.29 is 4.92 Å². The summed E-state index contributed by atoms with van der Waals surface area (Å²) in [5.41, 5.74) is 1.67. The Morgan fingerprint density at radius 1 is 1.24 bits per heavy atom. The van der Waals surface area contributed by atoms with E-state index in [0.29, 0.717) is 5.02 Å². The van der Waals surface area contributed by atoms with E-state index in [9.17, 15) is 10.1 Å². The summed E-state index contributed by atoms with van der Waals surface area (Å²) >= 11 is 6.30. The summed E-state index contributed by atoms with van der Waals surface area (Å²) in [6.45, 7) is 1.62. The average Bonchev–Trinajstić information content (AvgIpc) is 3.06. The second-order valence-corrected chi connectivity index (χ2v) is 6.57. The molecule has 1 aliphatic rings. The van der Waals surface area contributed by atoms with Gasteiger partial charge in [0.05, 0.1) is 15.6 Å². The predicted molar refractivity (Wildman–Crippen MR) is 95.3 cm³/mol. The molecule has 0 unspecified atom stereocenters. The molecule has 0 aliphatic carbocycles. The summed E-state index contributed by atoms with van der Waals surface area (Å²) in [6.07, 6.45) is 4.00. The third-order valence-corrected chi connectivity index (χ3v) is 4.91. The van der Waals surface area contributed by atoms with Crippen LogP contribution in [0.5, 0.6) is 0 Å². The van der Waals surface area contributed by atoms with Crippen LogP contribution < -0.4 is 4.90 Å². The van der Waals surface area contributed by atoms with Crippen LogP contribution >= 0.6 is 11.6 Å². The van der Waals surface area contributed by atoms with Crippen molar-refractivity contribution in [3.05, 3.63) is 63.6 Å².